The summed E-state index contributed by atoms with van der Waals surface area (Å²) >= 11 is 0. The Labute approximate surface area is 167 Å². The largest absolute Gasteiger partial charge is 0.455 e. The Balaban J connectivity index is 1.74. The number of carbonyl (C=O) groups is 2. The number of benzene rings is 1. The maximum Gasteiger partial charge on any atom is 0.332 e. The molecular weight excluding hydrogens is 375 g/mol. The summed E-state index contributed by atoms with van der Waals surface area (Å²) in [6.45, 7) is 3.80. The van der Waals surface area contributed by atoms with Gasteiger partial charge < -0.3 is 15.1 Å². The molecule has 29 heavy (non-hydrogen) atoms. The normalized spacial score (nSPS) is 19.6. The summed E-state index contributed by atoms with van der Waals surface area (Å²) in [4.78, 5) is 26.2. The van der Waals surface area contributed by atoms with Crippen molar-refractivity contribution in [2.75, 3.05) is 4.90 Å². The number of carbonyl (C=O) groups excluding carboxylic acids is 2. The third-order valence-corrected chi connectivity index (χ3v) is 5.61. The Morgan fingerprint density at radius 3 is 2.86 bits per heavy atom. The number of halogens is 1. The van der Waals surface area contributed by atoms with Gasteiger partial charge >= 0.3 is 6.03 Å². The molecule has 0 bridgehead atoms. The molecule has 0 radical (unpaired) electrons. The van der Waals surface area contributed by atoms with Crippen LogP contribution in [-0.4, -0.2) is 23.7 Å². The zero-order valence-electron chi connectivity index (χ0n) is 16.4. The quantitative estimate of drug-likeness (QED) is 0.758. The molecule has 0 saturated carbocycles. The van der Waals surface area contributed by atoms with Gasteiger partial charge in [-0.05, 0) is 63.3 Å². The van der Waals surface area contributed by atoms with Crippen LogP contribution in [0.5, 0.6) is 0 Å². The molecule has 1 aliphatic heterocycles. The number of primary amides is 1. The van der Waals surface area contributed by atoms with E-state index in [1.165, 1.54) is 12.1 Å². The van der Waals surface area contributed by atoms with Gasteiger partial charge in [0.2, 0.25) is 0 Å². The van der Waals surface area contributed by atoms with Gasteiger partial charge in [-0.2, -0.15) is 5.10 Å². The first-order valence-electron chi connectivity index (χ1n) is 9.73. The van der Waals surface area contributed by atoms with E-state index in [0.717, 1.165) is 30.4 Å². The van der Waals surface area contributed by atoms with E-state index in [4.69, 9.17) is 10.2 Å². The number of aryl methyl sites for hydroxylation is 2. The number of fused-ring (bicyclic) bond motifs is 2. The lowest BCUT2D eigenvalue weighted by molar-refractivity contribution is 0.0945. The second-order valence-electron chi connectivity index (χ2n) is 7.58. The topological polar surface area (TPSA) is 101 Å². The smallest absolute Gasteiger partial charge is 0.332 e. The summed E-state index contributed by atoms with van der Waals surface area (Å²) in [5, 5.41) is 4.10. The summed E-state index contributed by atoms with van der Waals surface area (Å²) in [7, 11) is 0. The summed E-state index contributed by atoms with van der Waals surface area (Å²) < 4.78 is 19.6. The van der Waals surface area contributed by atoms with Crippen LogP contribution in [0.25, 0.3) is 0 Å². The van der Waals surface area contributed by atoms with Crippen LogP contribution in [0.2, 0.25) is 0 Å². The van der Waals surface area contributed by atoms with Gasteiger partial charge in [0.05, 0.1) is 5.71 Å². The third-order valence-electron chi connectivity index (χ3n) is 5.61. The minimum atomic E-state index is -0.743. The van der Waals surface area contributed by atoms with Crippen molar-refractivity contribution >= 4 is 23.3 Å². The van der Waals surface area contributed by atoms with Crippen LogP contribution < -0.4 is 16.1 Å². The predicted molar refractivity (Wildman–Crippen MR) is 107 cm³/mol. The van der Waals surface area contributed by atoms with E-state index in [1.54, 1.807) is 11.0 Å². The number of nitrogens with zero attached hydrogens (tertiary/aromatic N) is 2. The number of nitrogens with one attached hydrogen (secondary N) is 1. The predicted octanol–water partition coefficient (Wildman–Crippen LogP) is 3.42. The minimum absolute atomic E-state index is 0.0355. The van der Waals surface area contributed by atoms with Crippen LogP contribution in [0.4, 0.5) is 14.9 Å². The lowest BCUT2D eigenvalue weighted by atomic mass is 9.92. The number of anilines is 1. The highest BCUT2D eigenvalue weighted by Gasteiger charge is 2.35. The van der Waals surface area contributed by atoms with Crippen LogP contribution in [0, 0.1) is 12.7 Å². The van der Waals surface area contributed by atoms with Gasteiger partial charge in [0.25, 0.3) is 5.91 Å². The van der Waals surface area contributed by atoms with Gasteiger partial charge in [0.15, 0.2) is 5.76 Å². The van der Waals surface area contributed by atoms with Crippen molar-refractivity contribution in [1.29, 1.82) is 0 Å². The van der Waals surface area contributed by atoms with Crippen molar-refractivity contribution < 1.29 is 18.4 Å². The molecule has 1 aromatic carbocycles. The number of furan rings is 1. The molecule has 152 valence electrons. The lowest BCUT2D eigenvalue weighted by Gasteiger charge is -2.34. The highest BCUT2D eigenvalue weighted by atomic mass is 19.1. The zero-order chi connectivity index (χ0) is 20.7. The first kappa shape index (κ1) is 19.2. The number of rotatable bonds is 2. The number of amides is 3. The molecule has 2 heterocycles. The standard InChI is InChI=1S/C21H23FN4O3/c1-11-6-7-13-10-14(22)8-9-16(13)26(11)20(27)19-12(2)18-15(24-25-21(23)28)4-3-5-17(18)29-19/h8-11H,3-7H2,1-2H3,(H3,23,25,28)/b24-15+. The molecule has 1 atom stereocenters. The molecule has 7 nitrogen and oxygen atoms in total. The number of urea groups is 1. The van der Waals surface area contributed by atoms with E-state index in [9.17, 15) is 14.0 Å². The van der Waals surface area contributed by atoms with Crippen LogP contribution in [0.15, 0.2) is 27.7 Å². The molecule has 8 heteroatoms. The fraction of sp³-hybridized carbons (Fsp3) is 0.381. The maximum absolute atomic E-state index is 13.7. The molecular formula is C21H23FN4O3. The highest BCUT2D eigenvalue weighted by molar-refractivity contribution is 6.10. The summed E-state index contributed by atoms with van der Waals surface area (Å²) in [6, 6.07) is 3.74. The van der Waals surface area contributed by atoms with Crippen molar-refractivity contribution in [3.8, 4) is 0 Å². The fourth-order valence-corrected chi connectivity index (χ4v) is 4.25. The molecule has 2 aromatic rings. The van der Waals surface area contributed by atoms with Crippen molar-refractivity contribution in [2.45, 2.75) is 52.0 Å². The number of hydrogen-bond acceptors (Lipinski definition) is 4. The molecule has 1 unspecified atom stereocenters. The Hall–Kier alpha value is -3.16. The number of hydrogen-bond donors (Lipinski definition) is 2. The Morgan fingerprint density at radius 2 is 2.10 bits per heavy atom. The second kappa shape index (κ2) is 7.35. The third kappa shape index (κ3) is 3.39. The number of hydrazone groups is 1. The Kier molecular flexibility index (Phi) is 4.86. The molecule has 4 rings (SSSR count). The van der Waals surface area contributed by atoms with E-state index in [1.807, 2.05) is 13.8 Å². The van der Waals surface area contributed by atoms with Gasteiger partial charge in [0.1, 0.15) is 11.6 Å². The number of nitrogens with two attached hydrogens (primary N) is 1. The molecule has 2 aliphatic rings. The van der Waals surface area contributed by atoms with Crippen LogP contribution in [-0.2, 0) is 12.8 Å². The van der Waals surface area contributed by atoms with E-state index in [0.29, 0.717) is 35.6 Å². The summed E-state index contributed by atoms with van der Waals surface area (Å²) in [5.74, 6) is 0.385. The van der Waals surface area contributed by atoms with Gasteiger partial charge in [-0.25, -0.2) is 14.6 Å². The molecule has 0 spiro atoms. The Bertz CT molecular complexity index is 1030. The van der Waals surface area contributed by atoms with E-state index < -0.39 is 6.03 Å². The van der Waals surface area contributed by atoms with Crippen molar-refractivity contribution in [3.05, 3.63) is 52.2 Å². The van der Waals surface area contributed by atoms with E-state index in [-0.39, 0.29) is 23.5 Å². The van der Waals surface area contributed by atoms with E-state index in [2.05, 4.69) is 10.5 Å². The molecule has 0 saturated heterocycles. The van der Waals surface area contributed by atoms with Crippen molar-refractivity contribution in [2.24, 2.45) is 10.8 Å². The SMILES string of the molecule is Cc1c(C(=O)N2c3ccc(F)cc3CCC2C)oc2c1/C(=N/NC(N)=O)CCC2. The minimum Gasteiger partial charge on any atom is -0.455 e. The van der Waals surface area contributed by atoms with Gasteiger partial charge in [-0.1, -0.05) is 0 Å². The first-order chi connectivity index (χ1) is 13.9. The van der Waals surface area contributed by atoms with Crippen LogP contribution in [0.3, 0.4) is 0 Å². The maximum atomic E-state index is 13.7. The van der Waals surface area contributed by atoms with Gasteiger partial charge in [-0.3, -0.25) is 4.79 Å². The fourth-order valence-electron chi connectivity index (χ4n) is 4.25. The molecule has 3 amide bonds. The monoisotopic (exact) mass is 398 g/mol. The highest BCUT2D eigenvalue weighted by Crippen LogP contribution is 2.35. The molecule has 3 N–H and O–H groups in total. The average Bonchev–Trinajstić information content (AvgIpc) is 3.03. The second-order valence-corrected chi connectivity index (χ2v) is 7.58. The van der Waals surface area contributed by atoms with Crippen molar-refractivity contribution in [1.82, 2.24) is 5.43 Å². The average molecular weight is 398 g/mol. The zero-order valence-corrected chi connectivity index (χ0v) is 16.4. The molecule has 1 aliphatic carbocycles. The lowest BCUT2D eigenvalue weighted by Crippen LogP contribution is -2.42. The van der Waals surface area contributed by atoms with Gasteiger partial charge in [-0.15, -0.1) is 0 Å². The molecule has 1 aromatic heterocycles. The van der Waals surface area contributed by atoms with Crippen molar-refractivity contribution in [3.63, 3.8) is 0 Å². The van der Waals surface area contributed by atoms with E-state index >= 15 is 0 Å². The first-order valence-corrected chi connectivity index (χ1v) is 9.73. The summed E-state index contributed by atoms with van der Waals surface area (Å²) in [6.07, 6.45) is 3.62. The van der Waals surface area contributed by atoms with Crippen LogP contribution in [0.1, 0.15) is 59.2 Å². The summed E-state index contributed by atoms with van der Waals surface area (Å²) in [5.41, 5.74) is 11.0. The Morgan fingerprint density at radius 1 is 1.31 bits per heavy atom. The van der Waals surface area contributed by atoms with Gasteiger partial charge in [0, 0.05) is 29.3 Å². The van der Waals surface area contributed by atoms with Crippen LogP contribution >= 0.6 is 0 Å². The molecule has 0 fully saturated rings.